The molecule has 3 aromatic heterocycles. The Morgan fingerprint density at radius 1 is 0.795 bits per heavy atom. The molecule has 2 aliphatic heterocycles. The summed E-state index contributed by atoms with van der Waals surface area (Å²) in [5, 5.41) is 14.0. The van der Waals surface area contributed by atoms with Crippen LogP contribution in [-0.4, -0.2) is 95.1 Å². The van der Waals surface area contributed by atoms with Crippen LogP contribution in [0.5, 0.6) is 11.5 Å². The molecular formula is C65H71N8O13PSi. The van der Waals surface area contributed by atoms with Gasteiger partial charge >= 0.3 is 13.3 Å². The highest BCUT2D eigenvalue weighted by atomic mass is 31.2. The Hall–Kier alpha value is -8.36. The van der Waals surface area contributed by atoms with Crippen molar-refractivity contribution < 1.29 is 46.5 Å². The maximum absolute atomic E-state index is 16.0. The molecule has 2 fully saturated rings. The number of amides is 1. The van der Waals surface area contributed by atoms with Crippen LogP contribution in [0.4, 0.5) is 5.95 Å². The molecule has 2 saturated heterocycles. The minimum Gasteiger partial charge on any atom is -0.497 e. The van der Waals surface area contributed by atoms with E-state index in [1.54, 1.807) is 45.6 Å². The SMILES string of the molecule is COc1ccc(C(OC[C@H]2O[C@@H](n3cnc4c(=O)[nH]c(NC(=O)C(C)C)nc43)C[C@@H]2OP(=O)(/C=C\[C@H]2O[C@@H](n3cc(C)c(=O)[nH]c3=O)C[C@@H]2O[Si](c2ccccc2)(c2ccccc2)C(C)(C)C)OCCC#N)(c2ccccc2)c2ccc(OC)cc2)cc1. The van der Waals surface area contributed by atoms with Gasteiger partial charge in [0, 0.05) is 36.3 Å². The maximum Gasteiger partial charge on any atom is 0.354 e. The van der Waals surface area contributed by atoms with Gasteiger partial charge in [0.05, 0.1) is 52.4 Å². The largest absolute Gasteiger partial charge is 0.497 e. The van der Waals surface area contributed by atoms with Crippen LogP contribution in [0.2, 0.25) is 5.04 Å². The van der Waals surface area contributed by atoms with Crippen molar-refractivity contribution in [1.82, 2.24) is 29.1 Å². The molecule has 0 saturated carbocycles. The number of benzene rings is 5. The van der Waals surface area contributed by atoms with Gasteiger partial charge in [-0.1, -0.05) is 150 Å². The third-order valence-corrected chi connectivity index (χ3v) is 22.6. The highest BCUT2D eigenvalue weighted by Crippen LogP contribution is 2.55. The number of hydrogen-bond donors (Lipinski definition) is 3. The Labute approximate surface area is 509 Å². The lowest BCUT2D eigenvalue weighted by molar-refractivity contribution is -0.118. The molecule has 21 nitrogen and oxygen atoms in total. The number of H-pyrrole nitrogens is 2. The molecule has 0 aliphatic carbocycles. The van der Waals surface area contributed by atoms with Gasteiger partial charge < -0.3 is 32.6 Å². The fraction of sp³-hybridized carbons (Fsp3) is 0.338. The van der Waals surface area contributed by atoms with Crippen LogP contribution in [-0.2, 0) is 42.6 Å². The highest BCUT2D eigenvalue weighted by molar-refractivity contribution is 7.57. The topological polar surface area (TPSA) is 262 Å². The van der Waals surface area contributed by atoms with E-state index in [4.69, 9.17) is 37.2 Å². The monoisotopic (exact) mass is 1230 g/mol. The zero-order valence-electron chi connectivity index (χ0n) is 50.2. The lowest BCUT2D eigenvalue weighted by atomic mass is 9.80. The Morgan fingerprint density at radius 3 is 1.93 bits per heavy atom. The van der Waals surface area contributed by atoms with E-state index < -0.39 is 86.2 Å². The number of ether oxygens (including phenoxy) is 5. The van der Waals surface area contributed by atoms with E-state index in [0.717, 1.165) is 15.9 Å². The summed E-state index contributed by atoms with van der Waals surface area (Å²) in [7, 11) is -4.75. The van der Waals surface area contributed by atoms with Gasteiger partial charge in [0.2, 0.25) is 11.9 Å². The smallest absolute Gasteiger partial charge is 0.354 e. The van der Waals surface area contributed by atoms with Gasteiger partial charge in [-0.25, -0.2) is 9.78 Å². The number of imidazole rings is 1. The summed E-state index contributed by atoms with van der Waals surface area (Å²) >= 11 is 0. The van der Waals surface area contributed by atoms with Crippen LogP contribution in [0, 0.1) is 24.2 Å². The molecule has 0 bridgehead atoms. The number of anilines is 1. The van der Waals surface area contributed by atoms with Gasteiger partial charge in [0.15, 0.2) is 11.2 Å². The Morgan fingerprint density at radius 2 is 1.36 bits per heavy atom. The summed E-state index contributed by atoms with van der Waals surface area (Å²) in [6, 6.07) is 46.7. The van der Waals surface area contributed by atoms with Gasteiger partial charge in [-0.3, -0.25) is 47.9 Å². The van der Waals surface area contributed by atoms with Crippen molar-refractivity contribution in [3.8, 4) is 17.6 Å². The summed E-state index contributed by atoms with van der Waals surface area (Å²) in [6.45, 7) is 10.9. The third kappa shape index (κ3) is 13.0. The van der Waals surface area contributed by atoms with Crippen molar-refractivity contribution in [1.29, 1.82) is 5.26 Å². The minimum atomic E-state index is -4.56. The lowest BCUT2D eigenvalue weighted by Gasteiger charge is -2.45. The predicted molar refractivity (Wildman–Crippen MR) is 333 cm³/mol. The summed E-state index contributed by atoms with van der Waals surface area (Å²) < 4.78 is 72.0. The first-order valence-corrected chi connectivity index (χ1v) is 32.5. The van der Waals surface area contributed by atoms with Crippen LogP contribution < -0.4 is 42.0 Å². The van der Waals surface area contributed by atoms with E-state index >= 15 is 4.57 Å². The number of methoxy groups -OCH3 is 2. The second-order valence-corrected chi connectivity index (χ2v) is 29.0. The molecule has 2 aliphatic rings. The number of aromatic amines is 2. The predicted octanol–water partition coefficient (Wildman–Crippen LogP) is 9.14. The molecule has 5 aromatic carbocycles. The van der Waals surface area contributed by atoms with Crippen molar-refractivity contribution in [2.24, 2.45) is 5.92 Å². The zero-order chi connectivity index (χ0) is 62.4. The van der Waals surface area contributed by atoms with E-state index in [1.165, 1.54) is 22.9 Å². The Kier molecular flexibility index (Phi) is 18.9. The molecule has 10 rings (SSSR count). The summed E-state index contributed by atoms with van der Waals surface area (Å²) in [5.74, 6) is 1.60. The number of nitrogens with zero attached hydrogens (tertiary/aromatic N) is 5. The molecule has 23 heteroatoms. The Bertz CT molecular complexity index is 3950. The Balaban J connectivity index is 1.08. The third-order valence-electron chi connectivity index (χ3n) is 15.9. The molecule has 5 heterocycles. The van der Waals surface area contributed by atoms with E-state index in [9.17, 15) is 24.4 Å². The fourth-order valence-corrected chi connectivity index (χ4v) is 17.7. The second-order valence-electron chi connectivity index (χ2n) is 22.9. The van der Waals surface area contributed by atoms with Crippen LogP contribution in [0.25, 0.3) is 11.2 Å². The summed E-state index contributed by atoms with van der Waals surface area (Å²) in [6.07, 6.45) is -1.76. The van der Waals surface area contributed by atoms with Crippen molar-refractivity contribution in [3.05, 3.63) is 217 Å². The number of nitrogens with one attached hydrogen (secondary N) is 3. The van der Waals surface area contributed by atoms with Crippen molar-refractivity contribution in [2.75, 3.05) is 32.8 Å². The molecule has 0 radical (unpaired) electrons. The number of aryl methyl sites for hydroxylation is 1. The number of carbonyl (C=O) groups excluding carboxylic acids is 1. The van der Waals surface area contributed by atoms with Gasteiger partial charge in [0.25, 0.3) is 19.4 Å². The van der Waals surface area contributed by atoms with Crippen LogP contribution in [0.3, 0.4) is 0 Å². The first-order valence-electron chi connectivity index (χ1n) is 29.0. The molecule has 8 aromatic rings. The van der Waals surface area contributed by atoms with Crippen molar-refractivity contribution >= 4 is 49.3 Å². The summed E-state index contributed by atoms with van der Waals surface area (Å²) in [5.41, 5.74) is -0.705. The van der Waals surface area contributed by atoms with Gasteiger partial charge in [-0.15, -0.1) is 0 Å². The second kappa shape index (κ2) is 26.5. The lowest BCUT2D eigenvalue weighted by Crippen LogP contribution is -2.68. The van der Waals surface area contributed by atoms with E-state index in [1.807, 2.05) is 115 Å². The number of hydrogen-bond acceptors (Lipinski definition) is 16. The van der Waals surface area contributed by atoms with E-state index in [0.29, 0.717) is 22.6 Å². The summed E-state index contributed by atoms with van der Waals surface area (Å²) in [4.78, 5) is 66.9. The fourth-order valence-electron chi connectivity index (χ4n) is 11.4. The molecule has 458 valence electrons. The number of carbonyl (C=O) groups is 1. The van der Waals surface area contributed by atoms with Crippen molar-refractivity contribution in [3.63, 3.8) is 0 Å². The first kappa shape index (κ1) is 62.7. The quantitative estimate of drug-likeness (QED) is 0.0233. The average Bonchev–Trinajstić information content (AvgIpc) is 1.67. The van der Waals surface area contributed by atoms with Crippen LogP contribution >= 0.6 is 7.60 Å². The van der Waals surface area contributed by atoms with E-state index in [-0.39, 0.29) is 61.1 Å². The first-order chi connectivity index (χ1) is 42.3. The normalized spacial score (nSPS) is 19.6. The van der Waals surface area contributed by atoms with Gasteiger partial charge in [-0.2, -0.15) is 10.2 Å². The molecule has 88 heavy (non-hydrogen) atoms. The number of rotatable bonds is 23. The number of aromatic nitrogens is 6. The minimum absolute atomic E-state index is 0.0390. The standard InChI is InChI=1S/C65H71N8O13PSi/c1-42(2)59(74)69-62-68-58-57(61(76)70-62)67-41-73(58)56-37-52(54(84-56)40-81-65(44-19-12-9-13-20-44,45-25-29-47(79-7)30-26-45)46-27-31-48(80-8)32-28-46)85-87(78,82-35-18-34-66)36-33-51-53(38-55(83-51)72-39-43(3)60(75)71-63(72)77)86-88(64(4,5)6,49-21-14-10-15-22-49)50-23-16-11-17-24-50/h9-17,19-33,36,39,41-42,51-56H,18,35,37-38,40H2,1-8H3,(H,71,75,77)(H2,68,69,70,74,76)/b36-33-/t51-,52+,53+,54-,55-,56-,87?/m1/s1. The average molecular weight is 1230 g/mol. The molecule has 3 N–H and O–H groups in total. The zero-order valence-corrected chi connectivity index (χ0v) is 52.1. The molecule has 1 amide bonds. The molecule has 1 unspecified atom stereocenters. The van der Waals surface area contributed by atoms with Crippen LogP contribution in [0.1, 0.15) is 88.6 Å². The van der Waals surface area contributed by atoms with Crippen LogP contribution in [0.15, 0.2) is 178 Å². The van der Waals surface area contributed by atoms with E-state index in [2.05, 4.69) is 76.4 Å². The molecular weight excluding hydrogens is 1160 g/mol. The maximum atomic E-state index is 16.0. The molecule has 7 atom stereocenters. The number of fused-ring (bicyclic) bond motifs is 1. The highest BCUT2D eigenvalue weighted by Gasteiger charge is 2.54. The van der Waals surface area contributed by atoms with Gasteiger partial charge in [-0.05, 0) is 69.4 Å². The van der Waals surface area contributed by atoms with Crippen molar-refractivity contribution in [2.45, 2.75) is 108 Å². The number of nitriles is 1. The van der Waals surface area contributed by atoms with Gasteiger partial charge in [0.1, 0.15) is 47.9 Å². The molecule has 0 spiro atoms.